The Morgan fingerprint density at radius 1 is 1.27 bits per heavy atom. The van der Waals surface area contributed by atoms with E-state index >= 15 is 0 Å². The van der Waals surface area contributed by atoms with E-state index in [1.165, 1.54) is 6.07 Å². The van der Waals surface area contributed by atoms with E-state index in [2.05, 4.69) is 0 Å². The molecule has 1 rings (SSSR count). The number of hydrogen-bond acceptors (Lipinski definition) is 5. The summed E-state index contributed by atoms with van der Waals surface area (Å²) in [7, 11) is 0. The monoisotopic (exact) mass is 235 g/mol. The molecule has 74 valence electrons. The Hall–Kier alpha value is -1.63. The number of rotatable bonds is 3. The molecule has 1 amide bonds. The van der Waals surface area contributed by atoms with Crippen molar-refractivity contribution >= 4 is 29.4 Å². The molecule has 0 fully saturated rings. The maximum Gasteiger partial charge on any atom is 0.249 e. The standard InChI is InChI=1S/C9H5N3OS2/c10-4-14-6-1-2-8(15-5-11)7(3-6)9(12)13/h1-3H,(H2,12,13). The van der Waals surface area contributed by atoms with Gasteiger partial charge in [0.05, 0.1) is 5.56 Å². The highest BCUT2D eigenvalue weighted by atomic mass is 32.2. The number of nitrogens with zero attached hydrogens (tertiary/aromatic N) is 2. The van der Waals surface area contributed by atoms with Gasteiger partial charge in [0.1, 0.15) is 10.8 Å². The first-order chi connectivity index (χ1) is 7.19. The van der Waals surface area contributed by atoms with Gasteiger partial charge >= 0.3 is 0 Å². The second kappa shape index (κ2) is 5.30. The Labute approximate surface area is 95.1 Å². The Balaban J connectivity index is 3.17. The van der Waals surface area contributed by atoms with Gasteiger partial charge in [-0.25, -0.2) is 0 Å². The molecule has 0 unspecified atom stereocenters. The Bertz CT molecular complexity index is 473. The van der Waals surface area contributed by atoms with Gasteiger partial charge in [0.25, 0.3) is 0 Å². The molecule has 1 aromatic carbocycles. The zero-order chi connectivity index (χ0) is 11.3. The van der Waals surface area contributed by atoms with Crippen LogP contribution < -0.4 is 5.73 Å². The van der Waals surface area contributed by atoms with Crippen LogP contribution in [0, 0.1) is 21.3 Å². The molecular formula is C9H5N3OS2. The largest absolute Gasteiger partial charge is 0.366 e. The lowest BCUT2D eigenvalue weighted by Gasteiger charge is -2.03. The lowest BCUT2D eigenvalue weighted by molar-refractivity contribution is 0.0997. The Morgan fingerprint density at radius 2 is 1.93 bits per heavy atom. The minimum atomic E-state index is -0.604. The van der Waals surface area contributed by atoms with Gasteiger partial charge < -0.3 is 5.73 Å². The summed E-state index contributed by atoms with van der Waals surface area (Å²) < 4.78 is 0. The SMILES string of the molecule is N#CSc1ccc(SC#N)c(C(N)=O)c1. The zero-order valence-corrected chi connectivity index (χ0v) is 9.06. The van der Waals surface area contributed by atoms with Crippen LogP contribution in [-0.2, 0) is 0 Å². The molecule has 0 aliphatic heterocycles. The van der Waals surface area contributed by atoms with Crippen molar-refractivity contribution in [2.24, 2.45) is 5.73 Å². The van der Waals surface area contributed by atoms with Crippen molar-refractivity contribution < 1.29 is 4.79 Å². The molecule has 2 N–H and O–H groups in total. The molecule has 0 aromatic heterocycles. The molecule has 0 bridgehead atoms. The predicted octanol–water partition coefficient (Wildman–Crippen LogP) is 1.93. The van der Waals surface area contributed by atoms with Gasteiger partial charge in [-0.3, -0.25) is 4.79 Å². The maximum absolute atomic E-state index is 11.1. The first kappa shape index (κ1) is 11.4. The summed E-state index contributed by atoms with van der Waals surface area (Å²) >= 11 is 1.81. The van der Waals surface area contributed by atoms with Crippen LogP contribution in [0.4, 0.5) is 0 Å². The minimum Gasteiger partial charge on any atom is -0.366 e. The first-order valence-corrected chi connectivity index (χ1v) is 5.38. The van der Waals surface area contributed by atoms with Crippen LogP contribution in [0.2, 0.25) is 0 Å². The summed E-state index contributed by atoms with van der Waals surface area (Å²) in [6.07, 6.45) is 0. The molecule has 0 heterocycles. The smallest absolute Gasteiger partial charge is 0.249 e. The molecular weight excluding hydrogens is 230 g/mol. The van der Waals surface area contributed by atoms with E-state index < -0.39 is 5.91 Å². The third kappa shape index (κ3) is 2.91. The molecule has 0 spiro atoms. The lowest BCUT2D eigenvalue weighted by Crippen LogP contribution is -2.12. The number of primary amides is 1. The molecule has 6 heteroatoms. The Morgan fingerprint density at radius 3 is 2.47 bits per heavy atom. The summed E-state index contributed by atoms with van der Waals surface area (Å²) in [4.78, 5) is 12.2. The quantitative estimate of drug-likeness (QED) is 0.638. The third-order valence-corrected chi connectivity index (χ3v) is 2.78. The number of nitriles is 2. The average Bonchev–Trinajstić information content (AvgIpc) is 2.21. The zero-order valence-electron chi connectivity index (χ0n) is 7.43. The fourth-order valence-electron chi connectivity index (χ4n) is 0.956. The van der Waals surface area contributed by atoms with Gasteiger partial charge in [-0.2, -0.15) is 10.5 Å². The Kier molecular flexibility index (Phi) is 4.04. The number of nitrogens with two attached hydrogens (primary N) is 1. The highest BCUT2D eigenvalue weighted by molar-refractivity contribution is 8.04. The molecule has 0 saturated carbocycles. The van der Waals surface area contributed by atoms with E-state index in [0.717, 1.165) is 23.5 Å². The average molecular weight is 235 g/mol. The van der Waals surface area contributed by atoms with Gasteiger partial charge in [0, 0.05) is 9.79 Å². The van der Waals surface area contributed by atoms with Gasteiger partial charge in [0.2, 0.25) is 5.91 Å². The normalized spacial score (nSPS) is 8.93. The number of thiocyanates is 2. The van der Waals surface area contributed by atoms with Gasteiger partial charge in [-0.1, -0.05) is 0 Å². The van der Waals surface area contributed by atoms with Crippen molar-refractivity contribution in [3.8, 4) is 10.8 Å². The minimum absolute atomic E-state index is 0.266. The summed E-state index contributed by atoms with van der Waals surface area (Å²) in [6.45, 7) is 0. The molecule has 4 nitrogen and oxygen atoms in total. The van der Waals surface area contributed by atoms with Crippen molar-refractivity contribution in [2.45, 2.75) is 9.79 Å². The molecule has 1 aromatic rings. The molecule has 0 saturated heterocycles. The van der Waals surface area contributed by atoms with Crippen LogP contribution in [0.5, 0.6) is 0 Å². The number of benzene rings is 1. The molecule has 0 atom stereocenters. The van der Waals surface area contributed by atoms with Crippen LogP contribution in [-0.4, -0.2) is 5.91 Å². The fourth-order valence-corrected chi connectivity index (χ4v) is 1.88. The maximum atomic E-state index is 11.1. The summed E-state index contributed by atoms with van der Waals surface area (Å²) in [5.41, 5.74) is 5.42. The number of amides is 1. The van der Waals surface area contributed by atoms with Crippen LogP contribution in [0.3, 0.4) is 0 Å². The van der Waals surface area contributed by atoms with Crippen LogP contribution in [0.15, 0.2) is 28.0 Å². The van der Waals surface area contributed by atoms with Crippen LogP contribution >= 0.6 is 23.5 Å². The van der Waals surface area contributed by atoms with Crippen LogP contribution in [0.1, 0.15) is 10.4 Å². The summed E-state index contributed by atoms with van der Waals surface area (Å²) in [6, 6.07) is 4.78. The fraction of sp³-hybridized carbons (Fsp3) is 0. The summed E-state index contributed by atoms with van der Waals surface area (Å²) in [5.74, 6) is -0.604. The summed E-state index contributed by atoms with van der Waals surface area (Å²) in [5, 5.41) is 20.7. The predicted molar refractivity (Wildman–Crippen MR) is 57.9 cm³/mol. The van der Waals surface area contributed by atoms with E-state index in [1.807, 2.05) is 10.8 Å². The van der Waals surface area contributed by atoms with E-state index in [4.69, 9.17) is 16.3 Å². The topological polar surface area (TPSA) is 90.7 Å². The van der Waals surface area contributed by atoms with Crippen molar-refractivity contribution in [1.82, 2.24) is 0 Å². The third-order valence-electron chi connectivity index (χ3n) is 1.54. The van der Waals surface area contributed by atoms with Crippen molar-refractivity contribution in [1.29, 1.82) is 10.5 Å². The lowest BCUT2D eigenvalue weighted by atomic mass is 10.2. The number of thioether (sulfide) groups is 2. The highest BCUT2D eigenvalue weighted by Gasteiger charge is 2.09. The molecule has 0 radical (unpaired) electrons. The van der Waals surface area contributed by atoms with E-state index in [9.17, 15) is 4.79 Å². The van der Waals surface area contributed by atoms with Gasteiger partial charge in [-0.05, 0) is 41.7 Å². The van der Waals surface area contributed by atoms with Crippen molar-refractivity contribution in [3.05, 3.63) is 23.8 Å². The number of carbonyl (C=O) groups is 1. The molecule has 0 aliphatic rings. The van der Waals surface area contributed by atoms with E-state index in [0.29, 0.717) is 9.79 Å². The van der Waals surface area contributed by atoms with Crippen LogP contribution in [0.25, 0.3) is 0 Å². The second-order valence-electron chi connectivity index (χ2n) is 2.41. The second-order valence-corrected chi connectivity index (χ2v) is 4.09. The molecule has 15 heavy (non-hydrogen) atoms. The van der Waals surface area contributed by atoms with Gasteiger partial charge in [0.15, 0.2) is 0 Å². The first-order valence-electron chi connectivity index (χ1n) is 3.74. The number of carbonyl (C=O) groups excluding carboxylic acids is 1. The number of hydrogen-bond donors (Lipinski definition) is 1. The van der Waals surface area contributed by atoms with E-state index in [1.54, 1.807) is 12.1 Å². The van der Waals surface area contributed by atoms with Gasteiger partial charge in [-0.15, -0.1) is 0 Å². The molecule has 0 aliphatic carbocycles. The van der Waals surface area contributed by atoms with Crippen molar-refractivity contribution in [3.63, 3.8) is 0 Å². The highest BCUT2D eigenvalue weighted by Crippen LogP contribution is 2.26. The van der Waals surface area contributed by atoms with Crippen molar-refractivity contribution in [2.75, 3.05) is 0 Å². The van der Waals surface area contributed by atoms with E-state index in [-0.39, 0.29) is 5.56 Å².